The maximum Gasteiger partial charge on any atom is 0.191 e. The molecule has 1 heterocycles. The molecule has 0 aromatic heterocycles. The number of alkyl halides is 1. The van der Waals surface area contributed by atoms with Crippen LogP contribution in [0.2, 0.25) is 0 Å². The van der Waals surface area contributed by atoms with Crippen molar-refractivity contribution in [3.63, 3.8) is 0 Å². The summed E-state index contributed by atoms with van der Waals surface area (Å²) >= 11 is 0. The molecule has 0 aromatic carbocycles. The fourth-order valence-electron chi connectivity index (χ4n) is 1.21. The van der Waals surface area contributed by atoms with E-state index in [9.17, 15) is 4.39 Å². The van der Waals surface area contributed by atoms with Gasteiger partial charge in [-0.15, -0.1) is 0 Å². The van der Waals surface area contributed by atoms with E-state index in [4.69, 9.17) is 11.1 Å². The lowest BCUT2D eigenvalue weighted by Crippen LogP contribution is -2.27. The number of rotatable bonds is 3. The van der Waals surface area contributed by atoms with Crippen LogP contribution in [0.15, 0.2) is 35.7 Å². The van der Waals surface area contributed by atoms with Crippen molar-refractivity contribution in [1.29, 1.82) is 5.41 Å². The SMILES string of the molecule is CN1C(C/C(C=N)=C/N)=CC=CC1F. The molecule has 1 aliphatic rings. The highest BCUT2D eigenvalue weighted by Gasteiger charge is 2.15. The van der Waals surface area contributed by atoms with Crippen LogP contribution in [0.5, 0.6) is 0 Å². The second-order valence-corrected chi connectivity index (χ2v) is 3.09. The highest BCUT2D eigenvalue weighted by molar-refractivity contribution is 5.76. The van der Waals surface area contributed by atoms with Crippen LogP contribution in [0, 0.1) is 5.41 Å². The molecule has 0 spiro atoms. The number of likely N-dealkylation sites (N-methyl/N-ethyl adjacent to an activating group) is 1. The summed E-state index contributed by atoms with van der Waals surface area (Å²) in [5.74, 6) is 0. The minimum Gasteiger partial charge on any atom is -0.404 e. The number of allylic oxidation sites excluding steroid dienone is 3. The highest BCUT2D eigenvalue weighted by Crippen LogP contribution is 2.20. The number of nitrogens with one attached hydrogen (secondary N) is 1. The second kappa shape index (κ2) is 4.60. The van der Waals surface area contributed by atoms with Crippen molar-refractivity contribution in [1.82, 2.24) is 4.90 Å². The van der Waals surface area contributed by atoms with Crippen LogP contribution in [-0.2, 0) is 0 Å². The molecule has 4 heteroatoms. The van der Waals surface area contributed by atoms with Crippen molar-refractivity contribution in [2.24, 2.45) is 5.73 Å². The van der Waals surface area contributed by atoms with Crippen LogP contribution < -0.4 is 5.73 Å². The van der Waals surface area contributed by atoms with Gasteiger partial charge < -0.3 is 16.0 Å². The Labute approximate surface area is 82.9 Å². The monoisotopic (exact) mass is 195 g/mol. The van der Waals surface area contributed by atoms with E-state index in [2.05, 4.69) is 0 Å². The summed E-state index contributed by atoms with van der Waals surface area (Å²) in [6.07, 6.45) is 6.93. The van der Waals surface area contributed by atoms with E-state index in [1.807, 2.05) is 6.08 Å². The fraction of sp³-hybridized carbons (Fsp3) is 0.300. The minimum atomic E-state index is -1.08. The molecule has 0 aliphatic carbocycles. The predicted octanol–water partition coefficient (Wildman–Crippen LogP) is 1.55. The summed E-state index contributed by atoms with van der Waals surface area (Å²) < 4.78 is 13.2. The first-order valence-corrected chi connectivity index (χ1v) is 4.34. The third-order valence-corrected chi connectivity index (χ3v) is 2.17. The highest BCUT2D eigenvalue weighted by atomic mass is 19.1. The van der Waals surface area contributed by atoms with E-state index < -0.39 is 6.30 Å². The zero-order valence-electron chi connectivity index (χ0n) is 8.07. The topological polar surface area (TPSA) is 53.1 Å². The normalized spacial score (nSPS) is 22.1. The van der Waals surface area contributed by atoms with Gasteiger partial charge in [-0.2, -0.15) is 0 Å². The lowest BCUT2D eigenvalue weighted by atomic mass is 10.1. The maximum atomic E-state index is 13.2. The Morgan fingerprint density at radius 1 is 1.79 bits per heavy atom. The van der Waals surface area contributed by atoms with Gasteiger partial charge in [0.25, 0.3) is 0 Å². The summed E-state index contributed by atoms with van der Waals surface area (Å²) in [6.45, 7) is 0. The Bertz CT molecular complexity index is 304. The quantitative estimate of drug-likeness (QED) is 0.530. The molecule has 1 rings (SSSR count). The van der Waals surface area contributed by atoms with Gasteiger partial charge in [0.05, 0.1) is 0 Å². The Kier molecular flexibility index (Phi) is 3.45. The van der Waals surface area contributed by atoms with Gasteiger partial charge in [0.1, 0.15) is 0 Å². The Balaban J connectivity index is 2.73. The molecule has 1 unspecified atom stereocenters. The molecule has 0 fully saturated rings. The average Bonchev–Trinajstić information content (AvgIpc) is 2.20. The zero-order valence-corrected chi connectivity index (χ0v) is 8.07. The van der Waals surface area contributed by atoms with Gasteiger partial charge in [0.15, 0.2) is 6.30 Å². The molecule has 1 aliphatic heterocycles. The van der Waals surface area contributed by atoms with Gasteiger partial charge in [-0.1, -0.05) is 6.08 Å². The average molecular weight is 195 g/mol. The fourth-order valence-corrected chi connectivity index (χ4v) is 1.21. The zero-order chi connectivity index (χ0) is 10.6. The molecule has 14 heavy (non-hydrogen) atoms. The Morgan fingerprint density at radius 3 is 3.07 bits per heavy atom. The Morgan fingerprint density at radius 2 is 2.50 bits per heavy atom. The number of halogens is 1. The van der Waals surface area contributed by atoms with Crippen LogP contribution in [0.4, 0.5) is 4.39 Å². The molecule has 3 nitrogen and oxygen atoms in total. The molecule has 0 amide bonds. The summed E-state index contributed by atoms with van der Waals surface area (Å²) in [6, 6.07) is 0. The van der Waals surface area contributed by atoms with E-state index in [1.165, 1.54) is 23.4 Å². The Hall–Kier alpha value is -1.58. The summed E-state index contributed by atoms with van der Waals surface area (Å²) in [4.78, 5) is 1.52. The van der Waals surface area contributed by atoms with Crippen molar-refractivity contribution in [3.05, 3.63) is 35.7 Å². The van der Waals surface area contributed by atoms with Crippen molar-refractivity contribution >= 4 is 6.21 Å². The largest absolute Gasteiger partial charge is 0.404 e. The summed E-state index contributed by atoms with van der Waals surface area (Å²) in [5, 5.41) is 7.06. The van der Waals surface area contributed by atoms with Gasteiger partial charge in [0, 0.05) is 25.4 Å². The lowest BCUT2D eigenvalue weighted by Gasteiger charge is -2.27. The van der Waals surface area contributed by atoms with E-state index in [1.54, 1.807) is 13.1 Å². The molecule has 1 atom stereocenters. The summed E-state index contributed by atoms with van der Waals surface area (Å²) in [5.41, 5.74) is 6.80. The van der Waals surface area contributed by atoms with E-state index >= 15 is 0 Å². The molecule has 0 bridgehead atoms. The van der Waals surface area contributed by atoms with E-state index in [0.29, 0.717) is 12.0 Å². The smallest absolute Gasteiger partial charge is 0.191 e. The molecular formula is C10H14FN3. The van der Waals surface area contributed by atoms with Gasteiger partial charge in [-0.05, 0) is 23.9 Å². The molecule has 0 saturated heterocycles. The van der Waals surface area contributed by atoms with Crippen molar-refractivity contribution < 1.29 is 4.39 Å². The molecule has 0 saturated carbocycles. The minimum absolute atomic E-state index is 0.487. The number of nitrogens with two attached hydrogens (primary N) is 1. The number of hydrogen-bond donors (Lipinski definition) is 2. The third-order valence-electron chi connectivity index (χ3n) is 2.17. The number of hydrogen-bond acceptors (Lipinski definition) is 3. The molecule has 3 N–H and O–H groups in total. The first-order chi connectivity index (χ1) is 6.69. The van der Waals surface area contributed by atoms with Gasteiger partial charge in [0.2, 0.25) is 0 Å². The van der Waals surface area contributed by atoms with E-state index in [-0.39, 0.29) is 0 Å². The molecule has 0 aromatic rings. The maximum absolute atomic E-state index is 13.2. The van der Waals surface area contributed by atoms with Gasteiger partial charge in [-0.25, -0.2) is 4.39 Å². The van der Waals surface area contributed by atoms with Crippen LogP contribution in [0.25, 0.3) is 0 Å². The van der Waals surface area contributed by atoms with Crippen molar-refractivity contribution in [2.45, 2.75) is 12.7 Å². The van der Waals surface area contributed by atoms with Crippen molar-refractivity contribution in [2.75, 3.05) is 7.05 Å². The first-order valence-electron chi connectivity index (χ1n) is 4.34. The van der Waals surface area contributed by atoms with Gasteiger partial charge >= 0.3 is 0 Å². The van der Waals surface area contributed by atoms with Crippen LogP contribution in [0.3, 0.4) is 0 Å². The van der Waals surface area contributed by atoms with Gasteiger partial charge in [-0.3, -0.25) is 0 Å². The molecule has 0 radical (unpaired) electrons. The second-order valence-electron chi connectivity index (χ2n) is 3.09. The van der Waals surface area contributed by atoms with Crippen LogP contribution in [-0.4, -0.2) is 24.5 Å². The third kappa shape index (κ3) is 2.22. The standard InChI is InChI=1S/C10H14FN3/c1-14-9(3-2-4-10(14)11)5-8(6-12)7-13/h2-4,6-7,10,12H,5,13H2,1H3/b8-7-,12-6?. The van der Waals surface area contributed by atoms with Crippen LogP contribution >= 0.6 is 0 Å². The van der Waals surface area contributed by atoms with Crippen LogP contribution in [0.1, 0.15) is 6.42 Å². The predicted molar refractivity (Wildman–Crippen MR) is 55.6 cm³/mol. The first kappa shape index (κ1) is 10.5. The molecular weight excluding hydrogens is 181 g/mol. The molecule has 76 valence electrons. The van der Waals surface area contributed by atoms with Crippen molar-refractivity contribution in [3.8, 4) is 0 Å². The van der Waals surface area contributed by atoms with E-state index in [0.717, 1.165) is 5.70 Å². The summed E-state index contributed by atoms with van der Waals surface area (Å²) in [7, 11) is 1.68. The lowest BCUT2D eigenvalue weighted by molar-refractivity contribution is 0.188. The number of nitrogens with zero attached hydrogens (tertiary/aromatic N) is 1.